The average Bonchev–Trinajstić information content (AvgIpc) is 3.30. The fraction of sp³-hybridized carbons (Fsp3) is 0.712. The lowest BCUT2D eigenvalue weighted by atomic mass is 10.1. The van der Waals surface area contributed by atoms with Gasteiger partial charge < -0.3 is 14.2 Å². The molecule has 0 radical (unpaired) electrons. The Balaban J connectivity index is 4.29. The van der Waals surface area contributed by atoms with Gasteiger partial charge in [0.2, 0.25) is 0 Å². The summed E-state index contributed by atoms with van der Waals surface area (Å²) in [6.07, 6.45) is 68.7. The Morgan fingerprint density at radius 3 is 0.954 bits per heavy atom. The van der Waals surface area contributed by atoms with Gasteiger partial charge in [-0.15, -0.1) is 0 Å². The van der Waals surface area contributed by atoms with Crippen molar-refractivity contribution >= 4 is 17.9 Å². The van der Waals surface area contributed by atoms with E-state index in [4.69, 9.17) is 14.2 Å². The highest BCUT2D eigenvalue weighted by molar-refractivity contribution is 5.71. The number of esters is 3. The number of allylic oxidation sites excluding steroid dienone is 14. The Morgan fingerprint density at radius 1 is 0.323 bits per heavy atom. The first kappa shape index (κ1) is 61.6. The van der Waals surface area contributed by atoms with E-state index in [0.29, 0.717) is 19.3 Å². The Hall–Kier alpha value is -3.41. The first-order chi connectivity index (χ1) is 32.0. The second kappa shape index (κ2) is 53.2. The van der Waals surface area contributed by atoms with E-state index in [2.05, 4.69) is 106 Å². The van der Waals surface area contributed by atoms with Crippen LogP contribution in [0.3, 0.4) is 0 Å². The maximum absolute atomic E-state index is 12.8. The van der Waals surface area contributed by atoms with E-state index in [1.54, 1.807) is 0 Å². The SMILES string of the molecule is CC/C=C\C/C=C\C/C=C\C/C=C\C/C=C\C/C=C\CCCCCCC(=O)OCC(COC(=O)CCCCCCCCC)OC(=O)CCCCCCCCC/C=C\CCCCCCCC. The Morgan fingerprint density at radius 2 is 0.600 bits per heavy atom. The highest BCUT2D eigenvalue weighted by Gasteiger charge is 2.19. The molecule has 6 heteroatoms. The van der Waals surface area contributed by atoms with Gasteiger partial charge in [-0.3, -0.25) is 14.4 Å². The minimum absolute atomic E-state index is 0.0861. The molecule has 0 spiro atoms. The molecule has 0 N–H and O–H groups in total. The molecule has 0 fully saturated rings. The molecule has 0 aliphatic rings. The number of rotatable bonds is 48. The molecule has 0 amide bonds. The van der Waals surface area contributed by atoms with Gasteiger partial charge in [-0.05, 0) is 96.3 Å². The molecule has 0 saturated heterocycles. The average molecular weight is 905 g/mol. The Labute approximate surface area is 401 Å². The van der Waals surface area contributed by atoms with Crippen LogP contribution in [-0.4, -0.2) is 37.2 Å². The molecule has 1 atom stereocenters. The summed E-state index contributed by atoms with van der Waals surface area (Å²) in [5.41, 5.74) is 0. The van der Waals surface area contributed by atoms with Crippen molar-refractivity contribution in [2.24, 2.45) is 0 Å². The molecule has 1 unspecified atom stereocenters. The summed E-state index contributed by atoms with van der Waals surface area (Å²) >= 11 is 0. The minimum atomic E-state index is -0.786. The van der Waals surface area contributed by atoms with Crippen LogP contribution in [0.4, 0.5) is 0 Å². The van der Waals surface area contributed by atoms with Crippen molar-refractivity contribution in [1.82, 2.24) is 0 Å². The van der Waals surface area contributed by atoms with Gasteiger partial charge in [-0.25, -0.2) is 0 Å². The standard InChI is InChI=1S/C59H100O6/c1-4-7-10-13-16-18-20-22-24-26-27-28-29-30-31-33-34-36-38-40-43-46-49-52-58(61)64-55-56(54-63-57(60)51-48-45-42-15-12-9-6-3)65-59(62)53-50-47-44-41-39-37-35-32-25-23-21-19-17-14-11-8-5-2/h7,10,16,18,22-25,27-28,30-31,34,36,56H,4-6,8-9,11-15,17,19-21,26,29,32-33,35,37-55H2,1-3H3/b10-7-,18-16-,24-22-,25-23-,28-27-,31-30-,36-34-. The predicted octanol–water partition coefficient (Wildman–Crippen LogP) is 18.0. The van der Waals surface area contributed by atoms with Gasteiger partial charge in [0.25, 0.3) is 0 Å². The van der Waals surface area contributed by atoms with E-state index in [-0.39, 0.29) is 31.1 Å². The molecule has 0 aliphatic carbocycles. The van der Waals surface area contributed by atoms with Crippen molar-refractivity contribution in [3.8, 4) is 0 Å². The van der Waals surface area contributed by atoms with E-state index >= 15 is 0 Å². The quantitative estimate of drug-likeness (QED) is 0.0262. The Bertz CT molecular complexity index is 1270. The van der Waals surface area contributed by atoms with Crippen molar-refractivity contribution in [3.63, 3.8) is 0 Å². The lowest BCUT2D eigenvalue weighted by Gasteiger charge is -2.18. The number of carbonyl (C=O) groups excluding carboxylic acids is 3. The summed E-state index contributed by atoms with van der Waals surface area (Å²) in [7, 11) is 0. The maximum atomic E-state index is 12.8. The molecule has 0 saturated carbocycles. The topological polar surface area (TPSA) is 78.9 Å². The number of ether oxygens (including phenoxy) is 3. The third-order valence-corrected chi connectivity index (χ3v) is 11.4. The molecule has 65 heavy (non-hydrogen) atoms. The van der Waals surface area contributed by atoms with Crippen molar-refractivity contribution < 1.29 is 28.6 Å². The molecular weight excluding hydrogens is 805 g/mol. The normalized spacial score (nSPS) is 12.7. The van der Waals surface area contributed by atoms with Gasteiger partial charge in [0.05, 0.1) is 0 Å². The predicted molar refractivity (Wildman–Crippen MR) is 279 cm³/mol. The van der Waals surface area contributed by atoms with Crippen LogP contribution >= 0.6 is 0 Å². The highest BCUT2D eigenvalue weighted by Crippen LogP contribution is 2.14. The first-order valence-corrected chi connectivity index (χ1v) is 27.1. The third kappa shape index (κ3) is 51.4. The molecule has 0 aromatic rings. The first-order valence-electron chi connectivity index (χ1n) is 27.1. The van der Waals surface area contributed by atoms with Crippen LogP contribution in [-0.2, 0) is 28.6 Å². The maximum Gasteiger partial charge on any atom is 0.306 e. The molecule has 0 aliphatic heterocycles. The summed E-state index contributed by atoms with van der Waals surface area (Å²) in [5.74, 6) is -0.922. The van der Waals surface area contributed by atoms with Crippen molar-refractivity contribution in [1.29, 1.82) is 0 Å². The van der Waals surface area contributed by atoms with Crippen molar-refractivity contribution in [2.75, 3.05) is 13.2 Å². The summed E-state index contributed by atoms with van der Waals surface area (Å²) in [5, 5.41) is 0. The van der Waals surface area contributed by atoms with E-state index in [9.17, 15) is 14.4 Å². The number of unbranched alkanes of at least 4 members (excludes halogenated alkanes) is 23. The Kier molecular flexibility index (Phi) is 50.4. The molecule has 0 aromatic heterocycles. The molecule has 0 aromatic carbocycles. The van der Waals surface area contributed by atoms with Crippen LogP contribution in [0.2, 0.25) is 0 Å². The van der Waals surface area contributed by atoms with E-state index < -0.39 is 6.10 Å². The van der Waals surface area contributed by atoms with Gasteiger partial charge >= 0.3 is 17.9 Å². The zero-order chi connectivity index (χ0) is 47.2. The second-order valence-electron chi connectivity index (χ2n) is 17.8. The second-order valence-corrected chi connectivity index (χ2v) is 17.8. The largest absolute Gasteiger partial charge is 0.462 e. The number of hydrogen-bond donors (Lipinski definition) is 0. The van der Waals surface area contributed by atoms with Gasteiger partial charge in [-0.2, -0.15) is 0 Å². The van der Waals surface area contributed by atoms with E-state index in [1.165, 1.54) is 103 Å². The van der Waals surface area contributed by atoms with Gasteiger partial charge in [0, 0.05) is 19.3 Å². The van der Waals surface area contributed by atoms with Gasteiger partial charge in [-0.1, -0.05) is 221 Å². The molecule has 0 rings (SSSR count). The van der Waals surface area contributed by atoms with Crippen LogP contribution in [0.5, 0.6) is 0 Å². The van der Waals surface area contributed by atoms with Crippen molar-refractivity contribution in [2.45, 2.75) is 258 Å². The van der Waals surface area contributed by atoms with E-state index in [0.717, 1.165) is 109 Å². The van der Waals surface area contributed by atoms with Crippen LogP contribution in [0.25, 0.3) is 0 Å². The monoisotopic (exact) mass is 905 g/mol. The highest BCUT2D eigenvalue weighted by atomic mass is 16.6. The third-order valence-electron chi connectivity index (χ3n) is 11.4. The fourth-order valence-electron chi connectivity index (χ4n) is 7.32. The van der Waals surface area contributed by atoms with Crippen LogP contribution in [0.15, 0.2) is 85.1 Å². The fourth-order valence-corrected chi connectivity index (χ4v) is 7.32. The minimum Gasteiger partial charge on any atom is -0.462 e. The van der Waals surface area contributed by atoms with Crippen LogP contribution in [0.1, 0.15) is 252 Å². The van der Waals surface area contributed by atoms with E-state index in [1.807, 2.05) is 0 Å². The zero-order valence-corrected chi connectivity index (χ0v) is 42.5. The van der Waals surface area contributed by atoms with Crippen molar-refractivity contribution in [3.05, 3.63) is 85.1 Å². The van der Waals surface area contributed by atoms with Crippen LogP contribution in [0, 0.1) is 0 Å². The summed E-state index contributed by atoms with van der Waals surface area (Å²) in [6, 6.07) is 0. The molecule has 0 bridgehead atoms. The van der Waals surface area contributed by atoms with Gasteiger partial charge in [0.1, 0.15) is 13.2 Å². The smallest absolute Gasteiger partial charge is 0.306 e. The summed E-state index contributed by atoms with van der Waals surface area (Å²) in [4.78, 5) is 37.9. The molecular formula is C59H100O6. The lowest BCUT2D eigenvalue weighted by molar-refractivity contribution is -0.167. The molecule has 372 valence electrons. The summed E-state index contributed by atoms with van der Waals surface area (Å²) in [6.45, 7) is 6.45. The number of hydrogen-bond acceptors (Lipinski definition) is 6. The zero-order valence-electron chi connectivity index (χ0n) is 42.5. The summed E-state index contributed by atoms with van der Waals surface area (Å²) < 4.78 is 16.7. The lowest BCUT2D eigenvalue weighted by Crippen LogP contribution is -2.30. The molecule has 0 heterocycles. The molecule has 6 nitrogen and oxygen atoms in total. The van der Waals surface area contributed by atoms with Gasteiger partial charge in [0.15, 0.2) is 6.10 Å². The number of carbonyl (C=O) groups is 3. The van der Waals surface area contributed by atoms with Crippen LogP contribution < -0.4 is 0 Å².